The highest BCUT2D eigenvalue weighted by molar-refractivity contribution is 6.09. The Bertz CT molecular complexity index is 840. The zero-order valence-electron chi connectivity index (χ0n) is 11.2. The van der Waals surface area contributed by atoms with Gasteiger partial charge in [-0.15, -0.1) is 0 Å². The Hall–Kier alpha value is -2.95. The summed E-state index contributed by atoms with van der Waals surface area (Å²) < 4.78 is 1.97. The average molecular weight is 281 g/mol. The van der Waals surface area contributed by atoms with Crippen molar-refractivity contribution in [1.29, 1.82) is 0 Å². The van der Waals surface area contributed by atoms with Crippen molar-refractivity contribution in [2.24, 2.45) is 10.2 Å². The van der Waals surface area contributed by atoms with Crippen LogP contribution in [0, 0.1) is 0 Å². The first-order chi connectivity index (χ1) is 10.2. The zero-order chi connectivity index (χ0) is 15.0. The Balaban J connectivity index is 2.31. The van der Waals surface area contributed by atoms with Crippen molar-refractivity contribution in [2.45, 2.75) is 25.4 Å². The van der Waals surface area contributed by atoms with Gasteiger partial charge in [0.25, 0.3) is 5.91 Å². The van der Waals surface area contributed by atoms with Gasteiger partial charge in [-0.1, -0.05) is 30.2 Å². The minimum Gasteiger partial charge on any atom is -0.343 e. The predicted molar refractivity (Wildman–Crippen MR) is 76.8 cm³/mol. The molecule has 104 valence electrons. The molecule has 0 saturated heterocycles. The summed E-state index contributed by atoms with van der Waals surface area (Å²) in [6, 6.07) is 7.20. The van der Waals surface area contributed by atoms with E-state index in [-0.39, 0.29) is 12.0 Å². The first-order valence-electron chi connectivity index (χ1n) is 6.43. The fourth-order valence-corrected chi connectivity index (χ4v) is 3.04. The number of amides is 1. The predicted octanol–water partition coefficient (Wildman–Crippen LogP) is 3.89. The zero-order valence-corrected chi connectivity index (χ0v) is 11.2. The molecule has 0 saturated carbocycles. The van der Waals surface area contributed by atoms with E-state index in [1.807, 2.05) is 35.8 Å². The summed E-state index contributed by atoms with van der Waals surface area (Å²) in [6.45, 7) is 2.43. The van der Waals surface area contributed by atoms with Gasteiger partial charge in [0.1, 0.15) is 0 Å². The Morgan fingerprint density at radius 1 is 1.33 bits per heavy atom. The lowest BCUT2D eigenvalue weighted by atomic mass is 9.97. The summed E-state index contributed by atoms with van der Waals surface area (Å²) in [5.41, 5.74) is 19.2. The number of azide groups is 2. The number of carbonyl (C=O) groups excluding carboxylic acids is 1. The fourth-order valence-electron chi connectivity index (χ4n) is 3.04. The first-order valence-corrected chi connectivity index (χ1v) is 6.43. The topological polar surface area (TPSA) is 120 Å². The van der Waals surface area contributed by atoms with Gasteiger partial charge in [0.15, 0.2) is 0 Å². The van der Waals surface area contributed by atoms with Crippen molar-refractivity contribution in [2.75, 3.05) is 0 Å². The molecule has 1 aromatic heterocycles. The Morgan fingerprint density at radius 2 is 2.10 bits per heavy atom. The molecule has 2 heterocycles. The summed E-state index contributed by atoms with van der Waals surface area (Å²) >= 11 is 0. The molecule has 0 aliphatic carbocycles. The van der Waals surface area contributed by atoms with Gasteiger partial charge < -0.3 is 4.57 Å². The molecule has 0 radical (unpaired) electrons. The Kier molecular flexibility index (Phi) is 3.02. The van der Waals surface area contributed by atoms with Crippen LogP contribution in [-0.4, -0.2) is 16.5 Å². The molecule has 2 unspecified atom stereocenters. The van der Waals surface area contributed by atoms with Crippen LogP contribution in [0.2, 0.25) is 0 Å². The molecule has 1 amide bonds. The lowest BCUT2D eigenvalue weighted by molar-refractivity contribution is 0.100. The number of hydrogen-bond acceptors (Lipinski definition) is 2. The third-order valence-electron chi connectivity index (χ3n) is 3.94. The van der Waals surface area contributed by atoms with Crippen molar-refractivity contribution in [3.05, 3.63) is 56.4 Å². The Labute approximate surface area is 119 Å². The van der Waals surface area contributed by atoms with Gasteiger partial charge in [-0.25, -0.2) is 0 Å². The summed E-state index contributed by atoms with van der Waals surface area (Å²) in [7, 11) is 0. The third-order valence-corrected chi connectivity index (χ3v) is 3.94. The maximum atomic E-state index is 12.2. The number of hydrogen-bond donors (Lipinski definition) is 0. The third kappa shape index (κ3) is 1.82. The van der Waals surface area contributed by atoms with E-state index in [4.69, 9.17) is 11.1 Å². The van der Waals surface area contributed by atoms with Crippen LogP contribution in [0.25, 0.3) is 31.8 Å². The lowest BCUT2D eigenvalue weighted by Gasteiger charge is -2.09. The minimum atomic E-state index is -0.601. The van der Waals surface area contributed by atoms with Gasteiger partial charge in [-0.2, -0.15) is 0 Å². The fraction of sp³-hybridized carbons (Fsp3) is 0.308. The molecule has 3 rings (SSSR count). The molecule has 0 spiro atoms. The van der Waals surface area contributed by atoms with Crippen LogP contribution in [-0.2, 0) is 6.54 Å². The summed E-state index contributed by atoms with van der Waals surface area (Å²) in [5, 5.41) is 7.78. The van der Waals surface area contributed by atoms with Crippen molar-refractivity contribution >= 4 is 16.8 Å². The van der Waals surface area contributed by atoms with E-state index >= 15 is 0 Å². The molecular weight excluding hydrogens is 270 g/mol. The smallest absolute Gasteiger partial charge is 0.251 e. The van der Waals surface area contributed by atoms with E-state index in [1.54, 1.807) is 0 Å². The maximum absolute atomic E-state index is 12.2. The first kappa shape index (κ1) is 13.1. The molecule has 2 aromatic rings. The second kappa shape index (κ2) is 4.86. The minimum absolute atomic E-state index is 0.110. The van der Waals surface area contributed by atoms with Gasteiger partial charge in [0, 0.05) is 38.9 Å². The van der Waals surface area contributed by atoms with Crippen LogP contribution in [0.15, 0.2) is 34.5 Å². The molecule has 1 aliphatic rings. The van der Waals surface area contributed by atoms with Crippen molar-refractivity contribution < 1.29 is 4.79 Å². The standard InChI is InChI=1S/C13H11N7O/c1-7-9(16-18-14)6-20-10-5-3-2-4-8(10)11(12(7)20)13(21)17-19-15/h2-5,7,9H,6H2,1H3. The van der Waals surface area contributed by atoms with E-state index in [0.29, 0.717) is 12.1 Å². The number of carbonyl (C=O) groups is 1. The van der Waals surface area contributed by atoms with Crippen molar-refractivity contribution in [1.82, 2.24) is 4.57 Å². The van der Waals surface area contributed by atoms with Crippen molar-refractivity contribution in [3.8, 4) is 0 Å². The molecular formula is C13H11N7O. The monoisotopic (exact) mass is 281 g/mol. The largest absolute Gasteiger partial charge is 0.343 e. The normalized spacial score (nSPS) is 19.7. The number of fused-ring (bicyclic) bond motifs is 3. The van der Waals surface area contributed by atoms with E-state index in [9.17, 15) is 4.79 Å². The molecule has 21 heavy (non-hydrogen) atoms. The number of para-hydroxylation sites is 1. The molecule has 1 aromatic carbocycles. The SMILES string of the molecule is CC1c2c(C(=O)N=[N+]=[N-])c3ccccc3n2CC1N=[N+]=[N-]. The van der Waals surface area contributed by atoms with Gasteiger partial charge in [-0.05, 0) is 22.2 Å². The number of benzene rings is 1. The molecule has 1 aliphatic heterocycles. The van der Waals surface area contributed by atoms with Crippen molar-refractivity contribution in [3.63, 3.8) is 0 Å². The second-order valence-corrected chi connectivity index (χ2v) is 4.94. The van der Waals surface area contributed by atoms with E-state index in [2.05, 4.69) is 20.1 Å². The highest BCUT2D eigenvalue weighted by Gasteiger charge is 2.35. The molecule has 0 fully saturated rings. The lowest BCUT2D eigenvalue weighted by Crippen LogP contribution is -2.10. The quantitative estimate of drug-likeness (QED) is 0.463. The second-order valence-electron chi connectivity index (χ2n) is 4.94. The number of nitrogens with zero attached hydrogens (tertiary/aromatic N) is 7. The van der Waals surface area contributed by atoms with Crippen LogP contribution >= 0.6 is 0 Å². The average Bonchev–Trinajstić information content (AvgIpc) is 2.96. The van der Waals surface area contributed by atoms with Crippen LogP contribution in [0.3, 0.4) is 0 Å². The molecule has 8 nitrogen and oxygen atoms in total. The van der Waals surface area contributed by atoms with E-state index in [0.717, 1.165) is 16.6 Å². The van der Waals surface area contributed by atoms with Crippen LogP contribution in [0.4, 0.5) is 0 Å². The number of rotatable bonds is 2. The molecule has 0 bridgehead atoms. The summed E-state index contributed by atoms with van der Waals surface area (Å²) in [4.78, 5) is 17.6. The Morgan fingerprint density at radius 3 is 2.81 bits per heavy atom. The van der Waals surface area contributed by atoms with E-state index < -0.39 is 5.91 Å². The summed E-state index contributed by atoms with van der Waals surface area (Å²) in [6.07, 6.45) is 0. The molecule has 0 N–H and O–H groups in total. The van der Waals surface area contributed by atoms with Gasteiger partial charge >= 0.3 is 0 Å². The maximum Gasteiger partial charge on any atom is 0.251 e. The van der Waals surface area contributed by atoms with Gasteiger partial charge in [0.2, 0.25) is 0 Å². The van der Waals surface area contributed by atoms with Gasteiger partial charge in [0.05, 0.1) is 11.6 Å². The van der Waals surface area contributed by atoms with Crippen LogP contribution in [0.1, 0.15) is 28.9 Å². The van der Waals surface area contributed by atoms with Crippen LogP contribution in [0.5, 0.6) is 0 Å². The van der Waals surface area contributed by atoms with Gasteiger partial charge in [-0.3, -0.25) is 4.79 Å². The molecule has 2 atom stereocenters. The highest BCUT2D eigenvalue weighted by Crippen LogP contribution is 2.39. The number of aromatic nitrogens is 1. The molecule has 8 heteroatoms. The highest BCUT2D eigenvalue weighted by atomic mass is 16.1. The van der Waals surface area contributed by atoms with Crippen LogP contribution < -0.4 is 0 Å². The summed E-state index contributed by atoms with van der Waals surface area (Å²) in [5.74, 6) is -0.711. The van der Waals surface area contributed by atoms with E-state index in [1.165, 1.54) is 0 Å².